The van der Waals surface area contributed by atoms with E-state index in [1.54, 1.807) is 0 Å². The van der Waals surface area contributed by atoms with E-state index < -0.39 is 0 Å². The van der Waals surface area contributed by atoms with Crippen LogP contribution < -0.4 is 0 Å². The Hall–Kier alpha value is 1.59. The normalized spacial score (nSPS) is 1.25. The Morgan fingerprint density at radius 2 is 1.25 bits per heavy atom. The SMILES string of the molecule is [Ir].[O]=[Fe].[Ru]. The molecule has 0 aliphatic heterocycles. The third-order valence-electron chi connectivity index (χ3n) is 0. The maximum Gasteiger partial charge on any atom is 0 e. The number of hydrogen-bond donors (Lipinski definition) is 0. The summed E-state index contributed by atoms with van der Waals surface area (Å²) < 4.78 is 8.00. The molecule has 0 N–H and O–H groups in total. The van der Waals surface area contributed by atoms with Gasteiger partial charge < -0.3 is 0 Å². The Morgan fingerprint density at radius 3 is 1.25 bits per heavy atom. The first-order valence-electron chi connectivity index (χ1n) is 0.144. The summed E-state index contributed by atoms with van der Waals surface area (Å²) >= 11 is 2.00. The van der Waals surface area contributed by atoms with Crippen LogP contribution in [-0.4, -0.2) is 0 Å². The first-order chi connectivity index (χ1) is 1.00. The first-order valence-corrected chi connectivity index (χ1v) is 0.595. The van der Waals surface area contributed by atoms with Gasteiger partial charge >= 0.3 is 19.8 Å². The van der Waals surface area contributed by atoms with Gasteiger partial charge in [0, 0.05) is 39.6 Å². The van der Waals surface area contributed by atoms with E-state index in [4.69, 9.17) is 3.83 Å². The van der Waals surface area contributed by atoms with Crippen molar-refractivity contribution in [2.24, 2.45) is 0 Å². The van der Waals surface area contributed by atoms with Crippen molar-refractivity contribution in [3.05, 3.63) is 0 Å². The third kappa shape index (κ3) is 9.52. The predicted octanol–water partition coefficient (Wildman–Crippen LogP) is -0.126. The topological polar surface area (TPSA) is 17.1 Å². The van der Waals surface area contributed by atoms with Crippen molar-refractivity contribution in [3.8, 4) is 0 Å². The average Bonchev–Trinajstić information content (AvgIpc) is 1.00. The van der Waals surface area contributed by atoms with Gasteiger partial charge in [0.05, 0.1) is 0 Å². The minimum absolute atomic E-state index is 0. The summed E-state index contributed by atoms with van der Waals surface area (Å²) in [4.78, 5) is 0. The molecule has 0 spiro atoms. The van der Waals surface area contributed by atoms with Crippen LogP contribution in [0.25, 0.3) is 0 Å². The monoisotopic (exact) mass is 367 g/mol. The zero-order valence-electron chi connectivity index (χ0n) is 1.45. The van der Waals surface area contributed by atoms with E-state index in [1.807, 2.05) is 15.9 Å². The Bertz CT molecular complexity index is 8.00. The molecule has 4 heteroatoms. The molecule has 0 saturated carbocycles. The van der Waals surface area contributed by atoms with E-state index >= 15 is 0 Å². The van der Waals surface area contributed by atoms with Gasteiger partial charge in [-0.25, -0.2) is 0 Å². The summed E-state index contributed by atoms with van der Waals surface area (Å²) in [6, 6.07) is 0. The molecule has 0 aliphatic carbocycles. The van der Waals surface area contributed by atoms with Crippen LogP contribution in [-0.2, 0) is 59.4 Å². The fourth-order valence-corrected chi connectivity index (χ4v) is 0. The number of hydrogen-bond acceptors (Lipinski definition) is 1. The van der Waals surface area contributed by atoms with Crippen LogP contribution in [0.1, 0.15) is 0 Å². The van der Waals surface area contributed by atoms with Crippen molar-refractivity contribution in [2.75, 3.05) is 0 Å². The van der Waals surface area contributed by atoms with Gasteiger partial charge in [0.1, 0.15) is 0 Å². The molecule has 0 saturated heterocycles. The van der Waals surface area contributed by atoms with Crippen LogP contribution in [0.2, 0.25) is 0 Å². The second-order valence-electron chi connectivity index (χ2n) is 0. The summed E-state index contributed by atoms with van der Waals surface area (Å²) in [5.41, 5.74) is 0. The summed E-state index contributed by atoms with van der Waals surface area (Å²) in [5.74, 6) is 0. The molecule has 4 heavy (non-hydrogen) atoms. The maximum atomic E-state index is 8.00. The molecule has 31 valence electrons. The second kappa shape index (κ2) is 23.4. The quantitative estimate of drug-likeness (QED) is 0.547. The molecule has 0 aromatic carbocycles. The van der Waals surface area contributed by atoms with Gasteiger partial charge in [0.25, 0.3) is 0 Å². The Morgan fingerprint density at radius 1 is 1.25 bits per heavy atom. The van der Waals surface area contributed by atoms with E-state index in [9.17, 15) is 0 Å². The summed E-state index contributed by atoms with van der Waals surface area (Å²) in [6.45, 7) is 0. The van der Waals surface area contributed by atoms with Crippen molar-refractivity contribution >= 4 is 0 Å². The smallest absolute Gasteiger partial charge is 0 e. The molecule has 0 aromatic heterocycles. The molecule has 0 unspecified atom stereocenters. The molecule has 0 amide bonds. The van der Waals surface area contributed by atoms with Gasteiger partial charge in [-0.3, -0.25) is 0 Å². The molecule has 1 nitrogen and oxygen atoms in total. The van der Waals surface area contributed by atoms with Crippen LogP contribution in [0.5, 0.6) is 0 Å². The van der Waals surface area contributed by atoms with Crippen LogP contribution in [0.4, 0.5) is 0 Å². The molecule has 0 rings (SSSR count). The van der Waals surface area contributed by atoms with E-state index in [-0.39, 0.29) is 39.6 Å². The zero-order chi connectivity index (χ0) is 2.00. The van der Waals surface area contributed by atoms with E-state index in [0.29, 0.717) is 0 Å². The summed E-state index contributed by atoms with van der Waals surface area (Å²) in [5, 5.41) is 0. The summed E-state index contributed by atoms with van der Waals surface area (Å²) in [7, 11) is 0. The Kier molecular flexibility index (Phi) is 103. The van der Waals surface area contributed by atoms with Gasteiger partial charge in [-0.05, 0) is 0 Å². The standard InChI is InChI=1S/Fe.Ir.O.Ru. The van der Waals surface area contributed by atoms with E-state index in [0.717, 1.165) is 0 Å². The summed E-state index contributed by atoms with van der Waals surface area (Å²) in [6.07, 6.45) is 0. The molecule has 0 aromatic rings. The van der Waals surface area contributed by atoms with Gasteiger partial charge in [0.2, 0.25) is 0 Å². The fraction of sp³-hybridized carbons (Fsp3) is 0. The van der Waals surface area contributed by atoms with Crippen molar-refractivity contribution in [3.63, 3.8) is 0 Å². The van der Waals surface area contributed by atoms with Crippen molar-refractivity contribution in [1.82, 2.24) is 0 Å². The van der Waals surface area contributed by atoms with Crippen molar-refractivity contribution < 1.29 is 59.4 Å². The predicted molar refractivity (Wildman–Crippen MR) is 0.686 cm³/mol. The number of rotatable bonds is 0. The molecular weight excluding hydrogens is 365 g/mol. The zero-order valence-corrected chi connectivity index (χ0v) is 6.69. The van der Waals surface area contributed by atoms with Gasteiger partial charge in [-0.2, -0.15) is 0 Å². The van der Waals surface area contributed by atoms with Crippen LogP contribution in [0, 0.1) is 0 Å². The fourth-order valence-electron chi connectivity index (χ4n) is 0. The minimum atomic E-state index is 0. The first kappa shape index (κ1) is 17.6. The van der Waals surface area contributed by atoms with Gasteiger partial charge in [0.15, 0.2) is 0 Å². The molecular formula is FeIrORu. The van der Waals surface area contributed by atoms with E-state index in [1.165, 1.54) is 0 Å². The van der Waals surface area contributed by atoms with E-state index in [2.05, 4.69) is 0 Å². The minimum Gasteiger partial charge on any atom is 0 e. The Labute approximate surface area is 59.0 Å². The van der Waals surface area contributed by atoms with Crippen molar-refractivity contribution in [2.45, 2.75) is 0 Å². The largest absolute Gasteiger partial charge is 0 e. The van der Waals surface area contributed by atoms with Crippen LogP contribution in [0.3, 0.4) is 0 Å². The van der Waals surface area contributed by atoms with Gasteiger partial charge in [-0.1, -0.05) is 0 Å². The Balaban J connectivity index is -0.00000000500. The molecule has 0 aliphatic rings. The molecule has 0 bridgehead atoms. The average molecular weight is 365 g/mol. The molecule has 0 heterocycles. The van der Waals surface area contributed by atoms with Crippen LogP contribution >= 0.6 is 0 Å². The maximum absolute atomic E-state index is 8.00. The van der Waals surface area contributed by atoms with Crippen molar-refractivity contribution in [1.29, 1.82) is 0 Å². The third-order valence-corrected chi connectivity index (χ3v) is 0. The molecule has 0 fully saturated rings. The molecule has 1 radical (unpaired) electrons. The second-order valence-corrected chi connectivity index (χ2v) is 0. The van der Waals surface area contributed by atoms with Crippen LogP contribution in [0.15, 0.2) is 0 Å². The molecule has 0 atom stereocenters. The van der Waals surface area contributed by atoms with Gasteiger partial charge in [-0.15, -0.1) is 0 Å².